The maximum Gasteiger partial charge on any atom is 0.0993 e. The van der Waals surface area contributed by atoms with E-state index < -0.39 is 0 Å². The van der Waals surface area contributed by atoms with Crippen LogP contribution in [0.2, 0.25) is 0 Å². The van der Waals surface area contributed by atoms with E-state index in [1.165, 1.54) is 0 Å². The molecule has 0 amide bonds. The molecule has 12 aromatic rings. The average molecular weight is 943 g/mol. The van der Waals surface area contributed by atoms with Gasteiger partial charge in [0, 0.05) is 38.5 Å². The third-order valence-corrected chi connectivity index (χ3v) is 13.9. The molecular weight excluding hydrogens is 905 g/mol. The summed E-state index contributed by atoms with van der Waals surface area (Å²) >= 11 is 0. The molecule has 0 saturated heterocycles. The standard InChI is InChI=1S/C66H38N8/c1-40-23-55(24-41(2)72-40)66-64(73-60-31-51(47-11-3-7-42(25-47)35-67)15-19-56(60)57-20-16-52(32-61(57)73)48-12-4-8-43(26-48)36-68)29-46(39-71)30-65(66)74-62-33-53(49-13-5-9-44(27-49)37-69)17-21-58(62)59-22-18-54(34-63(59)74)50-14-6-10-45(28-50)38-70/h3-34H,1-2H3. The average Bonchev–Trinajstić information content (AvgIpc) is 3.95. The lowest BCUT2D eigenvalue weighted by Crippen LogP contribution is -2.06. The summed E-state index contributed by atoms with van der Waals surface area (Å²) in [4.78, 5) is 4.86. The molecule has 3 heterocycles. The molecule has 12 rings (SSSR count). The highest BCUT2D eigenvalue weighted by Gasteiger charge is 2.25. The Balaban J connectivity index is 1.25. The Bertz CT molecular complexity index is 4080. The zero-order chi connectivity index (χ0) is 50.6. The lowest BCUT2D eigenvalue weighted by molar-refractivity contribution is 1.11. The predicted octanol–water partition coefficient (Wildman–Crippen LogP) is 15.6. The number of benzene rings is 9. The Hall–Kier alpha value is -10.8. The van der Waals surface area contributed by atoms with Crippen molar-refractivity contribution in [1.29, 1.82) is 26.3 Å². The van der Waals surface area contributed by atoms with Crippen LogP contribution in [0.25, 0.3) is 111 Å². The minimum atomic E-state index is 0.428. The molecule has 342 valence electrons. The van der Waals surface area contributed by atoms with Gasteiger partial charge >= 0.3 is 0 Å². The van der Waals surface area contributed by atoms with Gasteiger partial charge in [0.15, 0.2) is 0 Å². The normalized spacial score (nSPS) is 11.0. The largest absolute Gasteiger partial charge is 0.308 e. The van der Waals surface area contributed by atoms with Crippen LogP contribution < -0.4 is 0 Å². The van der Waals surface area contributed by atoms with Gasteiger partial charge < -0.3 is 9.13 Å². The number of fused-ring (bicyclic) bond motifs is 6. The van der Waals surface area contributed by atoms with E-state index in [9.17, 15) is 26.3 Å². The molecule has 9 aromatic carbocycles. The highest BCUT2D eigenvalue weighted by molar-refractivity contribution is 6.14. The fraction of sp³-hybridized carbons (Fsp3) is 0.0303. The molecule has 0 aliphatic rings. The van der Waals surface area contributed by atoms with Crippen molar-refractivity contribution in [1.82, 2.24) is 14.1 Å². The summed E-state index contributed by atoms with van der Waals surface area (Å²) in [6.45, 7) is 3.99. The summed E-state index contributed by atoms with van der Waals surface area (Å²) in [6, 6.07) is 75.9. The van der Waals surface area contributed by atoms with E-state index in [1.807, 2.05) is 98.8 Å². The molecule has 74 heavy (non-hydrogen) atoms. The lowest BCUT2D eigenvalue weighted by Gasteiger charge is -2.22. The quantitative estimate of drug-likeness (QED) is 0.156. The summed E-state index contributed by atoms with van der Waals surface area (Å²) in [7, 11) is 0. The number of aryl methyl sites for hydroxylation is 2. The van der Waals surface area contributed by atoms with Gasteiger partial charge in [0.1, 0.15) is 0 Å². The topological polar surface area (TPSA) is 142 Å². The fourth-order valence-corrected chi connectivity index (χ4v) is 10.7. The molecule has 0 atom stereocenters. The predicted molar refractivity (Wildman–Crippen MR) is 293 cm³/mol. The Morgan fingerprint density at radius 2 is 0.581 bits per heavy atom. The maximum absolute atomic E-state index is 11.3. The smallest absolute Gasteiger partial charge is 0.0993 e. The van der Waals surface area contributed by atoms with E-state index in [4.69, 9.17) is 4.98 Å². The van der Waals surface area contributed by atoms with Gasteiger partial charge in [0.05, 0.1) is 91.6 Å². The van der Waals surface area contributed by atoms with Crippen LogP contribution in [0.3, 0.4) is 0 Å². The molecular formula is C66H38N8. The van der Waals surface area contributed by atoms with Gasteiger partial charge in [-0.25, -0.2) is 0 Å². The second kappa shape index (κ2) is 17.9. The van der Waals surface area contributed by atoms with Crippen molar-refractivity contribution in [2.75, 3.05) is 0 Å². The van der Waals surface area contributed by atoms with Gasteiger partial charge in [-0.3, -0.25) is 4.98 Å². The monoisotopic (exact) mass is 942 g/mol. The van der Waals surface area contributed by atoms with Crippen LogP contribution in [0.4, 0.5) is 0 Å². The number of nitrogens with zero attached hydrogens (tertiary/aromatic N) is 8. The van der Waals surface area contributed by atoms with Gasteiger partial charge in [-0.05, 0) is 161 Å². The highest BCUT2D eigenvalue weighted by Crippen LogP contribution is 2.45. The Kier molecular flexibility index (Phi) is 10.7. The molecule has 0 aliphatic carbocycles. The first kappa shape index (κ1) is 44.4. The second-order valence-corrected chi connectivity index (χ2v) is 18.5. The lowest BCUT2D eigenvalue weighted by atomic mass is 9.97. The first-order valence-electron chi connectivity index (χ1n) is 24.0. The van der Waals surface area contributed by atoms with E-state index in [1.54, 1.807) is 24.3 Å². The van der Waals surface area contributed by atoms with Crippen molar-refractivity contribution in [3.05, 3.63) is 233 Å². The van der Waals surface area contributed by atoms with Crippen LogP contribution in [0.15, 0.2) is 194 Å². The molecule has 0 spiro atoms. The third kappa shape index (κ3) is 7.56. The molecule has 0 N–H and O–H groups in total. The van der Waals surface area contributed by atoms with Crippen molar-refractivity contribution >= 4 is 43.6 Å². The number of hydrogen-bond donors (Lipinski definition) is 0. The van der Waals surface area contributed by atoms with Crippen LogP contribution in [-0.4, -0.2) is 14.1 Å². The third-order valence-electron chi connectivity index (χ3n) is 13.9. The summed E-state index contributed by atoms with van der Waals surface area (Å²) in [5.41, 5.74) is 18.3. The van der Waals surface area contributed by atoms with E-state index >= 15 is 0 Å². The van der Waals surface area contributed by atoms with Crippen molar-refractivity contribution in [3.8, 4) is 97.4 Å². The van der Waals surface area contributed by atoms with Gasteiger partial charge in [-0.2, -0.15) is 26.3 Å². The minimum absolute atomic E-state index is 0.428. The first-order chi connectivity index (χ1) is 36.2. The summed E-state index contributed by atoms with van der Waals surface area (Å²) in [6.07, 6.45) is 0. The van der Waals surface area contributed by atoms with Crippen LogP contribution in [0, 0.1) is 70.5 Å². The Morgan fingerprint density at radius 3 is 0.865 bits per heavy atom. The number of nitriles is 5. The summed E-state index contributed by atoms with van der Waals surface area (Å²) < 4.78 is 4.52. The van der Waals surface area contributed by atoms with Crippen molar-refractivity contribution in [3.63, 3.8) is 0 Å². The van der Waals surface area contributed by atoms with E-state index in [0.717, 1.165) is 122 Å². The molecule has 3 aromatic heterocycles. The zero-order valence-electron chi connectivity index (χ0n) is 40.1. The van der Waals surface area contributed by atoms with Crippen LogP contribution in [0.1, 0.15) is 39.2 Å². The van der Waals surface area contributed by atoms with E-state index in [-0.39, 0.29) is 0 Å². The number of aromatic nitrogens is 3. The van der Waals surface area contributed by atoms with Crippen molar-refractivity contribution in [2.45, 2.75) is 13.8 Å². The molecule has 0 aliphatic heterocycles. The Morgan fingerprint density at radius 1 is 0.297 bits per heavy atom. The van der Waals surface area contributed by atoms with Gasteiger partial charge in [0.25, 0.3) is 0 Å². The summed E-state index contributed by atoms with van der Waals surface area (Å²) in [5, 5.41) is 55.0. The van der Waals surface area contributed by atoms with E-state index in [0.29, 0.717) is 27.8 Å². The van der Waals surface area contributed by atoms with Gasteiger partial charge in [-0.15, -0.1) is 0 Å². The van der Waals surface area contributed by atoms with E-state index in [2.05, 4.69) is 124 Å². The molecule has 0 bridgehead atoms. The minimum Gasteiger partial charge on any atom is -0.308 e. The molecule has 0 saturated carbocycles. The molecule has 8 nitrogen and oxygen atoms in total. The highest BCUT2D eigenvalue weighted by atomic mass is 15.0. The number of rotatable bonds is 7. The molecule has 0 radical (unpaired) electrons. The molecule has 0 unspecified atom stereocenters. The van der Waals surface area contributed by atoms with Crippen molar-refractivity contribution in [2.24, 2.45) is 0 Å². The SMILES string of the molecule is Cc1cc(-c2c(-n3c4cc(-c5cccc(C#N)c5)ccc4c4ccc(-c5cccc(C#N)c5)cc43)cc(C#N)cc2-n2c3cc(-c4cccc(C#N)c4)ccc3c3ccc(-c4cccc(C#N)c4)cc32)cc(C)n1. The fourth-order valence-electron chi connectivity index (χ4n) is 10.7. The van der Waals surface area contributed by atoms with Crippen LogP contribution in [-0.2, 0) is 0 Å². The maximum atomic E-state index is 11.3. The molecule has 0 fully saturated rings. The summed E-state index contributed by atoms with van der Waals surface area (Å²) in [5.74, 6) is 0. The Labute approximate surface area is 426 Å². The van der Waals surface area contributed by atoms with Gasteiger partial charge in [0.2, 0.25) is 0 Å². The van der Waals surface area contributed by atoms with Gasteiger partial charge in [-0.1, -0.05) is 97.1 Å². The first-order valence-corrected chi connectivity index (χ1v) is 24.0. The zero-order valence-corrected chi connectivity index (χ0v) is 40.1. The molecule has 8 heteroatoms. The number of pyridine rings is 1. The van der Waals surface area contributed by atoms with Crippen LogP contribution in [0.5, 0.6) is 0 Å². The van der Waals surface area contributed by atoms with Crippen LogP contribution >= 0.6 is 0 Å². The van der Waals surface area contributed by atoms with Crippen molar-refractivity contribution < 1.29 is 0 Å². The number of hydrogen-bond acceptors (Lipinski definition) is 6. The second-order valence-electron chi connectivity index (χ2n) is 18.5.